The first-order valence-electron chi connectivity index (χ1n) is 13.1. The summed E-state index contributed by atoms with van der Waals surface area (Å²) in [6.07, 6.45) is 15.4. The summed E-state index contributed by atoms with van der Waals surface area (Å²) in [5.41, 5.74) is 4.59. The Morgan fingerprint density at radius 2 is 1.97 bits per heavy atom. The van der Waals surface area contributed by atoms with Gasteiger partial charge in [0, 0.05) is 19.5 Å². The van der Waals surface area contributed by atoms with E-state index in [1.807, 2.05) is 18.2 Å². The number of benzene rings is 1. The highest BCUT2D eigenvalue weighted by Crippen LogP contribution is 2.26. The first kappa shape index (κ1) is 24.8. The van der Waals surface area contributed by atoms with Gasteiger partial charge in [0.15, 0.2) is 0 Å². The Bertz CT molecular complexity index is 1240. The van der Waals surface area contributed by atoms with Crippen molar-refractivity contribution in [1.82, 2.24) is 4.98 Å². The van der Waals surface area contributed by atoms with Crippen LogP contribution in [-0.4, -0.2) is 41.7 Å². The van der Waals surface area contributed by atoms with Gasteiger partial charge in [-0.15, -0.1) is 0 Å². The number of carbonyl (C=O) groups is 2. The zero-order valence-corrected chi connectivity index (χ0v) is 21.0. The van der Waals surface area contributed by atoms with Crippen LogP contribution < -0.4 is 10.2 Å². The summed E-state index contributed by atoms with van der Waals surface area (Å²) in [6, 6.07) is 10.2. The molecule has 37 heavy (non-hydrogen) atoms. The van der Waals surface area contributed by atoms with E-state index in [1.165, 1.54) is 11.1 Å². The second kappa shape index (κ2) is 11.5. The maximum absolute atomic E-state index is 12.6. The molecule has 0 atom stereocenters. The fourth-order valence-electron chi connectivity index (χ4n) is 5.11. The predicted octanol–water partition coefficient (Wildman–Crippen LogP) is 5.14. The van der Waals surface area contributed by atoms with E-state index in [0.717, 1.165) is 62.3 Å². The van der Waals surface area contributed by atoms with Gasteiger partial charge in [0.25, 0.3) is 0 Å². The molecule has 1 aromatic heterocycles. The average Bonchev–Trinajstić information content (AvgIpc) is 2.93. The molecule has 1 saturated heterocycles. The molecule has 2 aliphatic carbocycles. The van der Waals surface area contributed by atoms with E-state index in [4.69, 9.17) is 9.84 Å². The molecule has 7 heteroatoms. The van der Waals surface area contributed by atoms with E-state index < -0.39 is 5.97 Å². The molecule has 0 unspecified atom stereocenters. The van der Waals surface area contributed by atoms with Crippen LogP contribution in [0.1, 0.15) is 48.8 Å². The van der Waals surface area contributed by atoms with Crippen LogP contribution in [0.3, 0.4) is 0 Å². The Morgan fingerprint density at radius 1 is 1.11 bits per heavy atom. The molecular weight excluding hydrogens is 466 g/mol. The zero-order valence-electron chi connectivity index (χ0n) is 21.0. The molecule has 3 aliphatic rings. The molecule has 0 bridgehead atoms. The quantitative estimate of drug-likeness (QED) is 0.522. The number of piperidine rings is 1. The van der Waals surface area contributed by atoms with E-state index >= 15 is 0 Å². The van der Waals surface area contributed by atoms with E-state index in [0.29, 0.717) is 36.6 Å². The average molecular weight is 500 g/mol. The molecule has 5 rings (SSSR count). The smallest absolute Gasteiger partial charge is 0.335 e. The minimum absolute atomic E-state index is 0.0471. The molecule has 1 fully saturated rings. The van der Waals surface area contributed by atoms with Gasteiger partial charge < -0.3 is 20.1 Å². The number of hydrogen-bond donors (Lipinski definition) is 2. The lowest BCUT2D eigenvalue weighted by atomic mass is 9.95. The number of allylic oxidation sites excluding steroid dienone is 3. The molecule has 1 amide bonds. The zero-order chi connectivity index (χ0) is 25.6. The monoisotopic (exact) mass is 499 g/mol. The van der Waals surface area contributed by atoms with Crippen molar-refractivity contribution in [3.05, 3.63) is 82.8 Å². The van der Waals surface area contributed by atoms with Crippen molar-refractivity contribution in [2.75, 3.05) is 29.9 Å². The number of hydrogen-bond acceptors (Lipinski definition) is 5. The largest absolute Gasteiger partial charge is 0.498 e. The highest BCUT2D eigenvalue weighted by atomic mass is 16.5. The van der Waals surface area contributed by atoms with Crippen LogP contribution in [0.5, 0.6) is 0 Å². The van der Waals surface area contributed by atoms with E-state index in [9.17, 15) is 9.59 Å². The van der Waals surface area contributed by atoms with E-state index in [-0.39, 0.29) is 5.91 Å². The lowest BCUT2D eigenvalue weighted by Gasteiger charge is -2.33. The van der Waals surface area contributed by atoms with Crippen LogP contribution in [0.25, 0.3) is 6.08 Å². The molecule has 2 heterocycles. The fourth-order valence-corrected chi connectivity index (χ4v) is 5.11. The summed E-state index contributed by atoms with van der Waals surface area (Å²) < 4.78 is 5.95. The molecule has 192 valence electrons. The van der Waals surface area contributed by atoms with Crippen LogP contribution in [0.15, 0.2) is 66.1 Å². The number of anilines is 2. The summed E-state index contributed by atoms with van der Waals surface area (Å²) in [6.45, 7) is 2.39. The molecular formula is C30H33N3O4. The number of rotatable bonds is 8. The van der Waals surface area contributed by atoms with Crippen molar-refractivity contribution in [2.45, 2.75) is 44.9 Å². The first-order valence-corrected chi connectivity index (χ1v) is 13.1. The van der Waals surface area contributed by atoms with Crippen LogP contribution in [0.2, 0.25) is 0 Å². The highest BCUT2D eigenvalue weighted by molar-refractivity contribution is 5.92. The van der Waals surface area contributed by atoms with E-state index in [2.05, 4.69) is 39.5 Å². The number of aromatic nitrogens is 1. The number of fused-ring (bicyclic) bond motifs is 1. The van der Waals surface area contributed by atoms with Crippen LogP contribution in [0, 0.1) is 5.92 Å². The first-order chi connectivity index (χ1) is 18.0. The molecule has 1 aromatic carbocycles. The normalized spacial score (nSPS) is 17.5. The second-order valence-electron chi connectivity index (χ2n) is 9.96. The number of ether oxygens (including phenoxy) is 1. The lowest BCUT2D eigenvalue weighted by molar-refractivity contribution is -0.132. The number of carbonyl (C=O) groups excluding carboxylic acids is 1. The van der Waals surface area contributed by atoms with Crippen molar-refractivity contribution in [3.8, 4) is 0 Å². The maximum atomic E-state index is 12.6. The van der Waals surface area contributed by atoms with Gasteiger partial charge in [0.2, 0.25) is 5.91 Å². The maximum Gasteiger partial charge on any atom is 0.335 e. The number of nitrogens with one attached hydrogen (secondary N) is 1. The number of aryl methyl sites for hydroxylation is 1. The minimum Gasteiger partial charge on any atom is -0.498 e. The third kappa shape index (κ3) is 6.47. The van der Waals surface area contributed by atoms with Gasteiger partial charge in [-0.05, 0) is 72.9 Å². The Balaban J connectivity index is 1.07. The third-order valence-corrected chi connectivity index (χ3v) is 7.25. The molecule has 7 nitrogen and oxygen atoms in total. The standard InChI is InChI=1S/C30H33N3O4/c34-29(17-22-8-9-23-4-1-2-5-24(23)16-22)32-26-10-11-28(31-19-26)33-14-12-21(13-15-33)20-37-27-7-3-6-25(18-27)30(35)36/h2,5-6,8-11,16,18-19,21H,1,3-4,7,12-15,17,20H2,(H,32,34)(H,35,36). The van der Waals surface area contributed by atoms with Crippen LogP contribution in [0.4, 0.5) is 11.5 Å². The number of carboxylic acids is 1. The summed E-state index contributed by atoms with van der Waals surface area (Å²) in [7, 11) is 0. The van der Waals surface area contributed by atoms with Crippen molar-refractivity contribution < 1.29 is 19.4 Å². The van der Waals surface area contributed by atoms with Gasteiger partial charge in [-0.1, -0.05) is 36.4 Å². The van der Waals surface area contributed by atoms with E-state index in [1.54, 1.807) is 18.3 Å². The van der Waals surface area contributed by atoms with Crippen LogP contribution in [-0.2, 0) is 27.2 Å². The third-order valence-electron chi connectivity index (χ3n) is 7.25. The van der Waals surface area contributed by atoms with Gasteiger partial charge in [-0.2, -0.15) is 0 Å². The number of amides is 1. The molecule has 0 spiro atoms. The topological polar surface area (TPSA) is 91.8 Å². The Hall–Kier alpha value is -3.87. The summed E-state index contributed by atoms with van der Waals surface area (Å²) in [5.74, 6) is 1.16. The van der Waals surface area contributed by atoms with Crippen molar-refractivity contribution in [3.63, 3.8) is 0 Å². The Kier molecular flexibility index (Phi) is 7.68. The van der Waals surface area contributed by atoms with Crippen molar-refractivity contribution in [2.24, 2.45) is 5.92 Å². The second-order valence-corrected chi connectivity index (χ2v) is 9.96. The number of nitrogens with zero attached hydrogens (tertiary/aromatic N) is 2. The van der Waals surface area contributed by atoms with Gasteiger partial charge in [0.1, 0.15) is 5.82 Å². The predicted molar refractivity (Wildman–Crippen MR) is 144 cm³/mol. The number of aliphatic carboxylic acids is 1. The fraction of sp³-hybridized carbons (Fsp3) is 0.367. The van der Waals surface area contributed by atoms with Gasteiger partial charge >= 0.3 is 5.97 Å². The van der Waals surface area contributed by atoms with Gasteiger partial charge in [0.05, 0.1) is 36.2 Å². The SMILES string of the molecule is O=C(Cc1ccc2c(c1)C=CCC2)Nc1ccc(N2CCC(COC3=CC(C(=O)O)=CCC3)CC2)nc1. The summed E-state index contributed by atoms with van der Waals surface area (Å²) >= 11 is 0. The molecule has 0 saturated carbocycles. The summed E-state index contributed by atoms with van der Waals surface area (Å²) in [5, 5.41) is 12.1. The highest BCUT2D eigenvalue weighted by Gasteiger charge is 2.22. The van der Waals surface area contributed by atoms with Crippen LogP contribution >= 0.6 is 0 Å². The molecule has 2 N–H and O–H groups in total. The van der Waals surface area contributed by atoms with Gasteiger partial charge in [-0.25, -0.2) is 9.78 Å². The summed E-state index contributed by atoms with van der Waals surface area (Å²) in [4.78, 5) is 30.6. The van der Waals surface area contributed by atoms with Gasteiger partial charge in [-0.3, -0.25) is 4.79 Å². The minimum atomic E-state index is -0.903. The molecule has 0 radical (unpaired) electrons. The lowest BCUT2D eigenvalue weighted by Crippen LogP contribution is -2.35. The van der Waals surface area contributed by atoms with Crippen molar-refractivity contribution in [1.29, 1.82) is 0 Å². The molecule has 1 aliphatic heterocycles. The Morgan fingerprint density at radius 3 is 2.76 bits per heavy atom. The number of pyridine rings is 1. The van der Waals surface area contributed by atoms with Crippen molar-refractivity contribution >= 4 is 29.5 Å². The molecule has 2 aromatic rings. The Labute approximate surface area is 217 Å². The number of carboxylic acid groups (broad SMARTS) is 1.